The highest BCUT2D eigenvalue weighted by molar-refractivity contribution is 6.10. The van der Waals surface area contributed by atoms with E-state index in [2.05, 4.69) is 65.9 Å². The first-order valence-electron chi connectivity index (χ1n) is 15.1. The second-order valence-electron chi connectivity index (χ2n) is 11.4. The molecule has 2 aliphatic carbocycles. The lowest BCUT2D eigenvalue weighted by atomic mass is 9.77. The van der Waals surface area contributed by atoms with Crippen LogP contribution in [0.15, 0.2) is 96.8 Å². The highest BCUT2D eigenvalue weighted by Gasteiger charge is 2.39. The molecule has 5 nitrogen and oxygen atoms in total. The van der Waals surface area contributed by atoms with Gasteiger partial charge in [0.2, 0.25) is 5.95 Å². The maximum Gasteiger partial charge on any atom is 0.238 e. The van der Waals surface area contributed by atoms with Crippen molar-refractivity contribution in [1.29, 1.82) is 0 Å². The third kappa shape index (κ3) is 4.06. The Morgan fingerprint density at radius 3 is 2.00 bits per heavy atom. The quantitative estimate of drug-likeness (QED) is 0.221. The summed E-state index contributed by atoms with van der Waals surface area (Å²) in [7, 11) is 0. The number of pyridine rings is 1. The van der Waals surface area contributed by atoms with Gasteiger partial charge in [0.05, 0.1) is 11.0 Å². The van der Waals surface area contributed by atoms with Crippen molar-refractivity contribution in [1.82, 2.24) is 24.5 Å². The topological polar surface area (TPSA) is 56.5 Å². The Morgan fingerprint density at radius 1 is 0.690 bits per heavy atom. The maximum absolute atomic E-state index is 5.08. The molecule has 0 bridgehead atoms. The van der Waals surface area contributed by atoms with Crippen molar-refractivity contribution in [3.63, 3.8) is 0 Å². The second kappa shape index (κ2) is 10.3. The van der Waals surface area contributed by atoms with Gasteiger partial charge in [0.1, 0.15) is 0 Å². The molecule has 0 saturated heterocycles. The number of nitrogens with zero attached hydrogens (tertiary/aromatic N) is 5. The van der Waals surface area contributed by atoms with E-state index in [0.717, 1.165) is 27.5 Å². The van der Waals surface area contributed by atoms with Crippen LogP contribution in [-0.2, 0) is 5.41 Å². The minimum atomic E-state index is 0.0162. The summed E-state index contributed by atoms with van der Waals surface area (Å²) in [6.07, 6.45) is 8.75. The summed E-state index contributed by atoms with van der Waals surface area (Å²) in [5.41, 5.74) is 10.1. The van der Waals surface area contributed by atoms with E-state index in [-0.39, 0.29) is 5.41 Å². The fourth-order valence-electron chi connectivity index (χ4n) is 6.84. The van der Waals surface area contributed by atoms with E-state index in [0.29, 0.717) is 17.6 Å². The van der Waals surface area contributed by atoms with E-state index >= 15 is 0 Å². The summed E-state index contributed by atoms with van der Waals surface area (Å²) in [5, 5.41) is 2.31. The Labute approximate surface area is 247 Å². The Morgan fingerprint density at radius 2 is 1.33 bits per heavy atom. The summed E-state index contributed by atoms with van der Waals surface area (Å²) >= 11 is 0. The van der Waals surface area contributed by atoms with Gasteiger partial charge in [-0.25, -0.2) is 4.98 Å². The monoisotopic (exact) mass is 549 g/mol. The standard InChI is InChI=1S/C35H29N5.C2H6/c1-35(2)28-16-10-9-15-24(28)25-19-26-27-21-36-18-17-30(27)40(31(26)20-29(25)35)34-38-32(22-11-5-3-6-12-22)37-33(39-34)23-13-7-4-8-14-23;1-2/h3-8,11-14,17-21H,9-10,15-16H2,1-2H3;1-2H3. The molecule has 0 fully saturated rings. The van der Waals surface area contributed by atoms with Crippen molar-refractivity contribution >= 4 is 27.4 Å². The third-order valence-corrected chi connectivity index (χ3v) is 8.81. The number of hydrogen-bond donors (Lipinski definition) is 0. The van der Waals surface area contributed by atoms with E-state index in [9.17, 15) is 0 Å². The Bertz CT molecular complexity index is 1910. The molecule has 0 radical (unpaired) electrons. The minimum absolute atomic E-state index is 0.0162. The Balaban J connectivity index is 0.00000141. The normalized spacial score (nSPS) is 15.3. The summed E-state index contributed by atoms with van der Waals surface area (Å²) in [6, 6.07) is 27.2. The zero-order valence-electron chi connectivity index (χ0n) is 24.7. The second-order valence-corrected chi connectivity index (χ2v) is 11.4. The van der Waals surface area contributed by atoms with E-state index in [1.165, 1.54) is 42.2 Å². The smallest absolute Gasteiger partial charge is 0.238 e. The summed E-state index contributed by atoms with van der Waals surface area (Å²) in [4.78, 5) is 19.6. The van der Waals surface area contributed by atoms with Gasteiger partial charge in [0.25, 0.3) is 0 Å². The lowest BCUT2D eigenvalue weighted by Crippen LogP contribution is -2.18. The first-order chi connectivity index (χ1) is 20.6. The molecule has 3 aromatic carbocycles. The molecule has 0 saturated carbocycles. The molecule has 42 heavy (non-hydrogen) atoms. The van der Waals surface area contributed by atoms with Gasteiger partial charge in [0, 0.05) is 39.7 Å². The zero-order valence-corrected chi connectivity index (χ0v) is 24.7. The van der Waals surface area contributed by atoms with E-state index in [4.69, 9.17) is 15.0 Å². The number of hydrogen-bond acceptors (Lipinski definition) is 4. The minimum Gasteiger partial charge on any atom is -0.278 e. The number of allylic oxidation sites excluding steroid dienone is 2. The maximum atomic E-state index is 5.08. The van der Waals surface area contributed by atoms with Crippen LogP contribution >= 0.6 is 0 Å². The molecular weight excluding hydrogens is 514 g/mol. The number of aromatic nitrogens is 5. The first-order valence-corrected chi connectivity index (χ1v) is 15.1. The molecule has 0 aliphatic heterocycles. The fraction of sp³-hybridized carbons (Fsp3) is 0.243. The van der Waals surface area contributed by atoms with Crippen LogP contribution in [0.5, 0.6) is 0 Å². The van der Waals surface area contributed by atoms with Gasteiger partial charge in [-0.15, -0.1) is 0 Å². The van der Waals surface area contributed by atoms with Crippen LogP contribution in [-0.4, -0.2) is 24.5 Å². The summed E-state index contributed by atoms with van der Waals surface area (Å²) in [5.74, 6) is 1.94. The molecule has 0 N–H and O–H groups in total. The van der Waals surface area contributed by atoms with Crippen LogP contribution in [0.25, 0.3) is 56.1 Å². The molecule has 0 atom stereocenters. The molecule has 3 aromatic heterocycles. The largest absolute Gasteiger partial charge is 0.278 e. The van der Waals surface area contributed by atoms with Crippen LogP contribution < -0.4 is 0 Å². The molecule has 208 valence electrons. The van der Waals surface area contributed by atoms with Crippen molar-refractivity contribution in [2.75, 3.05) is 0 Å². The predicted molar refractivity (Wildman–Crippen MR) is 173 cm³/mol. The Kier molecular flexibility index (Phi) is 6.46. The molecule has 2 aliphatic rings. The Hall–Kier alpha value is -4.64. The predicted octanol–water partition coefficient (Wildman–Crippen LogP) is 9.34. The van der Waals surface area contributed by atoms with Crippen LogP contribution in [0.2, 0.25) is 0 Å². The van der Waals surface area contributed by atoms with Crippen molar-refractivity contribution in [3.05, 3.63) is 108 Å². The molecule has 0 spiro atoms. The van der Waals surface area contributed by atoms with Gasteiger partial charge in [-0.3, -0.25) is 9.55 Å². The first kappa shape index (κ1) is 26.3. The molecule has 0 unspecified atom stereocenters. The van der Waals surface area contributed by atoms with Gasteiger partial charge in [-0.1, -0.05) is 93.9 Å². The van der Waals surface area contributed by atoms with Crippen LogP contribution in [0.4, 0.5) is 0 Å². The van der Waals surface area contributed by atoms with E-state index in [1.54, 1.807) is 11.1 Å². The average Bonchev–Trinajstić information content (AvgIpc) is 3.50. The summed E-state index contributed by atoms with van der Waals surface area (Å²) in [6.45, 7) is 8.79. The van der Waals surface area contributed by atoms with Gasteiger partial charge >= 0.3 is 0 Å². The van der Waals surface area contributed by atoms with Gasteiger partial charge < -0.3 is 0 Å². The number of fused-ring (bicyclic) bond motifs is 5. The fourth-order valence-corrected chi connectivity index (χ4v) is 6.84. The summed E-state index contributed by atoms with van der Waals surface area (Å²) < 4.78 is 2.21. The molecule has 8 rings (SSSR count). The van der Waals surface area contributed by atoms with Gasteiger partial charge in [-0.2, -0.15) is 9.97 Å². The third-order valence-electron chi connectivity index (χ3n) is 8.81. The molecular formula is C37H35N5. The highest BCUT2D eigenvalue weighted by Crippen LogP contribution is 2.53. The zero-order chi connectivity index (χ0) is 28.8. The van der Waals surface area contributed by atoms with Crippen molar-refractivity contribution in [2.45, 2.75) is 58.8 Å². The number of rotatable bonds is 3. The molecule has 3 heterocycles. The highest BCUT2D eigenvalue weighted by atomic mass is 15.2. The molecule has 0 amide bonds. The van der Waals surface area contributed by atoms with Crippen LogP contribution in [0.1, 0.15) is 64.5 Å². The number of benzene rings is 3. The lowest BCUT2D eigenvalue weighted by molar-refractivity contribution is 0.574. The van der Waals surface area contributed by atoms with E-state index < -0.39 is 0 Å². The van der Waals surface area contributed by atoms with Gasteiger partial charge in [-0.05, 0) is 60.6 Å². The van der Waals surface area contributed by atoms with Gasteiger partial charge in [0.15, 0.2) is 11.6 Å². The van der Waals surface area contributed by atoms with Crippen molar-refractivity contribution in [3.8, 4) is 28.7 Å². The van der Waals surface area contributed by atoms with Crippen molar-refractivity contribution < 1.29 is 0 Å². The van der Waals surface area contributed by atoms with Crippen molar-refractivity contribution in [2.24, 2.45) is 0 Å². The van der Waals surface area contributed by atoms with E-state index in [1.807, 2.05) is 62.6 Å². The average molecular weight is 550 g/mol. The van der Waals surface area contributed by atoms with Crippen LogP contribution in [0, 0.1) is 0 Å². The SMILES string of the molecule is CC.CC1(C)C2=C(CCCC2)c2cc3c4cnccc4n(-c4nc(-c5ccccc5)nc(-c5ccccc5)n4)c3cc21. The van der Waals surface area contributed by atoms with Crippen LogP contribution in [0.3, 0.4) is 0 Å². The molecule has 5 heteroatoms. The lowest BCUT2D eigenvalue weighted by Gasteiger charge is -2.27. The molecule has 6 aromatic rings.